The van der Waals surface area contributed by atoms with Crippen LogP contribution < -0.4 is 16.6 Å². The third-order valence-electron chi connectivity index (χ3n) is 0.953. The molecule has 5 nitrogen and oxygen atoms in total. The molecule has 11 heavy (non-hydrogen) atoms. The van der Waals surface area contributed by atoms with Crippen molar-refractivity contribution in [1.29, 1.82) is 0 Å². The highest BCUT2D eigenvalue weighted by Crippen LogP contribution is 1.69. The number of hydrogen-bond donors (Lipinski definition) is 3. The Bertz CT molecular complexity index is 177. The summed E-state index contributed by atoms with van der Waals surface area (Å²) in [5.41, 5.74) is 1.72. The van der Waals surface area contributed by atoms with Crippen LogP contribution in [0.1, 0.15) is 6.92 Å². The molecule has 2 amide bonds. The molecule has 0 rings (SSSR count). The first-order valence-electron chi connectivity index (χ1n) is 3.12. The number of nitrogens with one attached hydrogen (secondary N) is 2. The maximum absolute atomic E-state index is 10.6. The van der Waals surface area contributed by atoms with Crippen LogP contribution in [0, 0.1) is 0 Å². The fraction of sp³-hybridized carbons (Fsp3) is 0.333. The molecule has 0 aromatic carbocycles. The standard InChI is InChI=1S/C6H11N3O2/c1-2-3-4-8-5(10)6(11)9-7/h2-3H,4,7H2,1H3,(H,8,10)(H,9,11). The van der Waals surface area contributed by atoms with Crippen LogP contribution >= 0.6 is 0 Å². The van der Waals surface area contributed by atoms with Crippen LogP contribution in [-0.2, 0) is 9.59 Å². The normalized spacial score (nSPS) is 9.64. The summed E-state index contributed by atoms with van der Waals surface area (Å²) in [4.78, 5) is 21.0. The van der Waals surface area contributed by atoms with Crippen LogP contribution in [-0.4, -0.2) is 18.4 Å². The number of amides is 2. The van der Waals surface area contributed by atoms with Gasteiger partial charge in [0.15, 0.2) is 0 Å². The molecule has 4 N–H and O–H groups in total. The average Bonchev–Trinajstić information content (AvgIpc) is 2.03. The average molecular weight is 157 g/mol. The highest BCUT2D eigenvalue weighted by molar-refractivity contribution is 6.34. The molecule has 5 heteroatoms. The van der Waals surface area contributed by atoms with Gasteiger partial charge in [0.05, 0.1) is 0 Å². The molecular formula is C6H11N3O2. The van der Waals surface area contributed by atoms with E-state index in [2.05, 4.69) is 5.32 Å². The highest BCUT2D eigenvalue weighted by Gasteiger charge is 2.08. The van der Waals surface area contributed by atoms with E-state index in [1.807, 2.05) is 6.92 Å². The van der Waals surface area contributed by atoms with Crippen LogP contribution in [0.3, 0.4) is 0 Å². The van der Waals surface area contributed by atoms with E-state index in [1.54, 1.807) is 17.6 Å². The van der Waals surface area contributed by atoms with E-state index in [0.717, 1.165) is 0 Å². The molecule has 62 valence electrons. The Kier molecular flexibility index (Phi) is 4.76. The smallest absolute Gasteiger partial charge is 0.323 e. The predicted octanol–water partition coefficient (Wildman–Crippen LogP) is -1.33. The molecular weight excluding hydrogens is 146 g/mol. The van der Waals surface area contributed by atoms with Crippen molar-refractivity contribution in [3.63, 3.8) is 0 Å². The Morgan fingerprint density at radius 3 is 2.55 bits per heavy atom. The van der Waals surface area contributed by atoms with Crippen molar-refractivity contribution >= 4 is 11.8 Å². The van der Waals surface area contributed by atoms with Gasteiger partial charge in [-0.3, -0.25) is 15.0 Å². The van der Waals surface area contributed by atoms with Crippen molar-refractivity contribution in [2.24, 2.45) is 5.84 Å². The Morgan fingerprint density at radius 1 is 1.45 bits per heavy atom. The fourth-order valence-electron chi connectivity index (χ4n) is 0.415. The minimum absolute atomic E-state index is 0.336. The van der Waals surface area contributed by atoms with Crippen LogP contribution in [0.15, 0.2) is 12.2 Å². The molecule has 0 fully saturated rings. The van der Waals surface area contributed by atoms with Gasteiger partial charge < -0.3 is 5.32 Å². The number of rotatable bonds is 2. The van der Waals surface area contributed by atoms with Gasteiger partial charge in [0.25, 0.3) is 0 Å². The summed E-state index contributed by atoms with van der Waals surface area (Å²) in [6.45, 7) is 2.15. The number of carbonyl (C=O) groups excluding carboxylic acids is 2. The molecule has 0 bridgehead atoms. The maximum Gasteiger partial charge on any atom is 0.323 e. The van der Waals surface area contributed by atoms with Gasteiger partial charge in [-0.05, 0) is 6.92 Å². The highest BCUT2D eigenvalue weighted by atomic mass is 16.2. The molecule has 0 spiro atoms. The van der Waals surface area contributed by atoms with E-state index in [0.29, 0.717) is 6.54 Å². The van der Waals surface area contributed by atoms with Crippen molar-refractivity contribution < 1.29 is 9.59 Å². The molecule has 0 heterocycles. The number of hydrogen-bond acceptors (Lipinski definition) is 3. The summed E-state index contributed by atoms with van der Waals surface area (Å²) in [5.74, 6) is 3.13. The van der Waals surface area contributed by atoms with Crippen LogP contribution in [0.2, 0.25) is 0 Å². The molecule has 0 aromatic heterocycles. The molecule has 0 saturated heterocycles. The Balaban J connectivity index is 3.61. The molecule has 0 saturated carbocycles. The van der Waals surface area contributed by atoms with Crippen molar-refractivity contribution in [2.45, 2.75) is 6.92 Å². The Labute approximate surface area is 64.6 Å². The molecule has 0 aliphatic carbocycles. The van der Waals surface area contributed by atoms with Gasteiger partial charge >= 0.3 is 11.8 Å². The molecule has 0 atom stereocenters. The quantitative estimate of drug-likeness (QED) is 0.153. The minimum atomic E-state index is -0.838. The van der Waals surface area contributed by atoms with Crippen LogP contribution in [0.25, 0.3) is 0 Å². The second kappa shape index (κ2) is 5.43. The summed E-state index contributed by atoms with van der Waals surface area (Å²) < 4.78 is 0. The molecule has 0 aliphatic rings. The Hall–Kier alpha value is -1.36. The lowest BCUT2D eigenvalue weighted by Crippen LogP contribution is -2.43. The van der Waals surface area contributed by atoms with E-state index < -0.39 is 11.8 Å². The summed E-state index contributed by atoms with van der Waals surface area (Å²) >= 11 is 0. The van der Waals surface area contributed by atoms with Gasteiger partial charge in [0.2, 0.25) is 0 Å². The summed E-state index contributed by atoms with van der Waals surface area (Å²) in [6.07, 6.45) is 3.47. The summed E-state index contributed by atoms with van der Waals surface area (Å²) in [6, 6.07) is 0. The van der Waals surface area contributed by atoms with E-state index in [1.165, 1.54) is 0 Å². The number of carbonyl (C=O) groups is 2. The van der Waals surface area contributed by atoms with Gasteiger partial charge in [-0.15, -0.1) is 0 Å². The molecule has 0 aromatic rings. The zero-order chi connectivity index (χ0) is 8.69. The lowest BCUT2D eigenvalue weighted by Gasteiger charge is -1.98. The van der Waals surface area contributed by atoms with Gasteiger partial charge in [-0.2, -0.15) is 0 Å². The van der Waals surface area contributed by atoms with Crippen molar-refractivity contribution in [1.82, 2.24) is 10.7 Å². The van der Waals surface area contributed by atoms with Gasteiger partial charge in [-0.25, -0.2) is 5.84 Å². The SMILES string of the molecule is CC=CCNC(=O)C(=O)NN. The first kappa shape index (κ1) is 9.64. The summed E-state index contributed by atoms with van der Waals surface area (Å²) in [5, 5.41) is 2.32. The first-order valence-corrected chi connectivity index (χ1v) is 3.12. The number of hydrazine groups is 1. The third-order valence-corrected chi connectivity index (χ3v) is 0.953. The lowest BCUT2D eigenvalue weighted by atomic mass is 10.5. The van der Waals surface area contributed by atoms with E-state index in [9.17, 15) is 9.59 Å². The zero-order valence-corrected chi connectivity index (χ0v) is 6.26. The summed E-state index contributed by atoms with van der Waals surface area (Å²) in [7, 11) is 0. The van der Waals surface area contributed by atoms with Crippen LogP contribution in [0.4, 0.5) is 0 Å². The molecule has 0 aliphatic heterocycles. The van der Waals surface area contributed by atoms with Crippen LogP contribution in [0.5, 0.6) is 0 Å². The second-order valence-electron chi connectivity index (χ2n) is 1.75. The molecule has 0 radical (unpaired) electrons. The van der Waals surface area contributed by atoms with Gasteiger partial charge in [0, 0.05) is 6.54 Å². The largest absolute Gasteiger partial charge is 0.344 e. The zero-order valence-electron chi connectivity index (χ0n) is 6.26. The monoisotopic (exact) mass is 157 g/mol. The van der Waals surface area contributed by atoms with Gasteiger partial charge in [0.1, 0.15) is 0 Å². The Morgan fingerprint density at radius 2 is 2.09 bits per heavy atom. The predicted molar refractivity (Wildman–Crippen MR) is 40.2 cm³/mol. The van der Waals surface area contributed by atoms with E-state index in [-0.39, 0.29) is 0 Å². The minimum Gasteiger partial charge on any atom is -0.344 e. The third kappa shape index (κ3) is 4.10. The second-order valence-corrected chi connectivity index (χ2v) is 1.75. The fourth-order valence-corrected chi connectivity index (χ4v) is 0.415. The lowest BCUT2D eigenvalue weighted by molar-refractivity contribution is -0.139. The first-order chi connectivity index (χ1) is 5.22. The topological polar surface area (TPSA) is 84.2 Å². The van der Waals surface area contributed by atoms with E-state index >= 15 is 0 Å². The van der Waals surface area contributed by atoms with Crippen molar-refractivity contribution in [2.75, 3.05) is 6.54 Å². The number of allylic oxidation sites excluding steroid dienone is 1. The van der Waals surface area contributed by atoms with Gasteiger partial charge in [-0.1, -0.05) is 12.2 Å². The van der Waals surface area contributed by atoms with E-state index in [4.69, 9.17) is 5.84 Å². The van der Waals surface area contributed by atoms with Crippen molar-refractivity contribution in [3.8, 4) is 0 Å². The maximum atomic E-state index is 10.6. The van der Waals surface area contributed by atoms with Crippen molar-refractivity contribution in [3.05, 3.63) is 12.2 Å². The molecule has 0 unspecified atom stereocenters. The number of nitrogens with two attached hydrogens (primary N) is 1.